The molecule has 0 aliphatic rings. The maximum Gasteiger partial charge on any atom is 0.345 e. The molecule has 1 aromatic heterocycles. The number of hydrogen-bond donors (Lipinski definition) is 3. The average Bonchev–Trinajstić information content (AvgIpc) is 3.08. The summed E-state index contributed by atoms with van der Waals surface area (Å²) in [6, 6.07) is 13.7. The summed E-state index contributed by atoms with van der Waals surface area (Å²) in [4.78, 5) is 64.8. The lowest BCUT2D eigenvalue weighted by molar-refractivity contribution is -0.151. The van der Waals surface area contributed by atoms with E-state index in [2.05, 4.69) is 25.6 Å². The molecule has 0 fully saturated rings. The molecule has 0 aliphatic carbocycles. The number of carbonyl (C=O) groups is 4. The maximum atomic E-state index is 13.0. The number of nitrogen functional groups attached to an aromatic ring is 1. The second-order valence-corrected chi connectivity index (χ2v) is 18.5. The van der Waals surface area contributed by atoms with Crippen molar-refractivity contribution in [3.63, 3.8) is 0 Å². The van der Waals surface area contributed by atoms with Crippen LogP contribution in [0.15, 0.2) is 59.7 Å². The van der Waals surface area contributed by atoms with Gasteiger partial charge in [0, 0.05) is 11.4 Å². The third-order valence-corrected chi connectivity index (χ3v) is 7.03. The summed E-state index contributed by atoms with van der Waals surface area (Å²) in [6.45, 7) is 23.6. The van der Waals surface area contributed by atoms with E-state index in [1.807, 2.05) is 83.1 Å². The van der Waals surface area contributed by atoms with Gasteiger partial charge in [-0.3, -0.25) is 0 Å². The van der Waals surface area contributed by atoms with E-state index in [0.29, 0.717) is 22.5 Å². The lowest BCUT2D eigenvalue weighted by Gasteiger charge is -2.20. The summed E-state index contributed by atoms with van der Waals surface area (Å²) in [5.41, 5.74) is 6.70. The number of nitrogens with zero attached hydrogens (tertiary/aromatic N) is 3. The largest absolute Gasteiger partial charge is 0.461 e. The Bertz CT molecular complexity index is 1740. The van der Waals surface area contributed by atoms with Gasteiger partial charge in [-0.15, -0.1) is 0 Å². The molecule has 1 heterocycles. The Morgan fingerprint density at radius 2 is 0.754 bits per heavy atom. The van der Waals surface area contributed by atoms with Crippen LogP contribution in [0.2, 0.25) is 0 Å². The van der Waals surface area contributed by atoms with Crippen LogP contribution in [0.25, 0.3) is 12.2 Å². The van der Waals surface area contributed by atoms with Gasteiger partial charge < -0.3 is 35.3 Å². The number of anilines is 5. The topological polar surface area (TPSA) is 194 Å². The Kier molecular flexibility index (Phi) is 15.1. The first-order chi connectivity index (χ1) is 26.2. The first-order valence-electron chi connectivity index (χ1n) is 18.6. The molecule has 14 nitrogen and oxygen atoms in total. The quantitative estimate of drug-likeness (QED) is 0.0467. The molecule has 0 spiro atoms. The highest BCUT2D eigenvalue weighted by atomic mass is 16.6. The van der Waals surface area contributed by atoms with Crippen molar-refractivity contribution in [1.29, 1.82) is 0 Å². The molecule has 2 aromatic carbocycles. The molecule has 0 radical (unpaired) electrons. The van der Waals surface area contributed by atoms with Crippen molar-refractivity contribution in [3.05, 3.63) is 70.8 Å². The highest BCUT2D eigenvalue weighted by molar-refractivity contribution is 6.18. The lowest BCUT2D eigenvalue weighted by atomic mass is 9.98. The average molecular weight is 787 g/mol. The summed E-state index contributed by atoms with van der Waals surface area (Å²) in [5.74, 6) is -2.82. The van der Waals surface area contributed by atoms with Crippen LogP contribution in [0.4, 0.5) is 29.2 Å². The summed E-state index contributed by atoms with van der Waals surface area (Å²) in [5, 5.41) is 6.16. The zero-order chi connectivity index (χ0) is 42.8. The van der Waals surface area contributed by atoms with Crippen LogP contribution < -0.4 is 16.4 Å². The van der Waals surface area contributed by atoms with Gasteiger partial charge in [-0.05, 0) is 69.2 Å². The first kappa shape index (κ1) is 45.6. The lowest BCUT2D eigenvalue weighted by Crippen LogP contribution is -2.25. The number of hydrogen-bond acceptors (Lipinski definition) is 14. The van der Waals surface area contributed by atoms with E-state index in [9.17, 15) is 19.2 Å². The van der Waals surface area contributed by atoms with Crippen molar-refractivity contribution in [2.75, 3.05) is 42.8 Å². The highest BCUT2D eigenvalue weighted by Gasteiger charge is 2.27. The number of benzene rings is 2. The molecule has 0 atom stereocenters. The monoisotopic (exact) mass is 786 g/mol. The fraction of sp³-hybridized carbons (Fsp3) is 0.465. The molecule has 4 N–H and O–H groups in total. The number of rotatable bonds is 14. The van der Waals surface area contributed by atoms with E-state index in [1.54, 1.807) is 48.5 Å². The molecular formula is C43H58N6O8. The molecular weight excluding hydrogens is 729 g/mol. The Morgan fingerprint density at radius 3 is 1.00 bits per heavy atom. The van der Waals surface area contributed by atoms with Crippen molar-refractivity contribution in [1.82, 2.24) is 15.0 Å². The number of nitrogens with two attached hydrogens (primary N) is 1. The van der Waals surface area contributed by atoms with Crippen molar-refractivity contribution >= 4 is 65.2 Å². The van der Waals surface area contributed by atoms with Crippen LogP contribution in [0, 0.1) is 21.7 Å². The second-order valence-electron chi connectivity index (χ2n) is 18.5. The standard InChI is InChI=1S/C43H58N6O8/c1-40(2,3)23-54-33(50)31(34(51)55-24-41(4,5)6)21-27-13-17-29(18-14-27)45-38-47-37(44)48-39(49-38)46-30-19-15-28(16-20-30)22-32(35(52)56-25-42(7,8)9)36(53)57-26-43(10,11)12/h13-22H,23-26H2,1-12H3,(H4,44,45,46,47,48,49). The first-order valence-corrected chi connectivity index (χ1v) is 18.6. The minimum absolute atomic E-state index is 0.0477. The fourth-order valence-corrected chi connectivity index (χ4v) is 4.26. The van der Waals surface area contributed by atoms with Gasteiger partial charge in [-0.25, -0.2) is 19.2 Å². The predicted molar refractivity (Wildman–Crippen MR) is 221 cm³/mol. The van der Waals surface area contributed by atoms with Gasteiger partial charge in [-0.2, -0.15) is 15.0 Å². The molecule has 0 bridgehead atoms. The predicted octanol–water partition coefficient (Wildman–Crippen LogP) is 8.07. The van der Waals surface area contributed by atoms with E-state index >= 15 is 0 Å². The van der Waals surface area contributed by atoms with Crippen LogP contribution in [-0.2, 0) is 38.1 Å². The summed E-state index contributed by atoms with van der Waals surface area (Å²) in [7, 11) is 0. The van der Waals surface area contributed by atoms with E-state index in [4.69, 9.17) is 24.7 Å². The normalized spacial score (nSPS) is 11.8. The van der Waals surface area contributed by atoms with Crippen molar-refractivity contribution < 1.29 is 38.1 Å². The molecule has 0 amide bonds. The molecule has 308 valence electrons. The van der Waals surface area contributed by atoms with Gasteiger partial charge in [0.2, 0.25) is 17.8 Å². The van der Waals surface area contributed by atoms with Crippen molar-refractivity contribution in [2.24, 2.45) is 21.7 Å². The Hall–Kier alpha value is -5.79. The van der Waals surface area contributed by atoms with Crippen molar-refractivity contribution in [3.8, 4) is 0 Å². The smallest absolute Gasteiger partial charge is 0.345 e. The SMILES string of the molecule is CC(C)(C)COC(=O)C(=Cc1ccc(Nc2nc(N)nc(Nc3ccc(C=C(C(=O)OCC(C)(C)C)C(=O)OCC(C)(C)C)cc3)n2)cc1)C(=O)OCC(C)(C)C. The molecule has 57 heavy (non-hydrogen) atoms. The van der Waals surface area contributed by atoms with Crippen LogP contribution >= 0.6 is 0 Å². The summed E-state index contributed by atoms with van der Waals surface area (Å²) >= 11 is 0. The number of carbonyl (C=O) groups excluding carboxylic acids is 4. The summed E-state index contributed by atoms with van der Waals surface area (Å²) < 4.78 is 21.8. The van der Waals surface area contributed by atoms with Gasteiger partial charge in [0.15, 0.2) is 0 Å². The van der Waals surface area contributed by atoms with Crippen molar-refractivity contribution in [2.45, 2.75) is 83.1 Å². The minimum Gasteiger partial charge on any atom is -0.461 e. The van der Waals surface area contributed by atoms with Gasteiger partial charge in [0.05, 0.1) is 26.4 Å². The van der Waals surface area contributed by atoms with E-state index in [0.717, 1.165) is 0 Å². The van der Waals surface area contributed by atoms with Crippen LogP contribution in [0.1, 0.15) is 94.2 Å². The van der Waals surface area contributed by atoms with Crippen LogP contribution in [0.3, 0.4) is 0 Å². The highest BCUT2D eigenvalue weighted by Crippen LogP contribution is 2.23. The molecule has 0 aliphatic heterocycles. The number of ether oxygens (including phenoxy) is 4. The number of esters is 4. The van der Waals surface area contributed by atoms with E-state index < -0.39 is 23.9 Å². The van der Waals surface area contributed by atoms with E-state index in [1.165, 1.54) is 12.2 Å². The minimum atomic E-state index is -0.768. The molecule has 3 rings (SSSR count). The van der Waals surface area contributed by atoms with Crippen LogP contribution in [-0.4, -0.2) is 65.3 Å². The number of nitrogens with one attached hydrogen (secondary N) is 2. The van der Waals surface area contributed by atoms with Crippen LogP contribution in [0.5, 0.6) is 0 Å². The molecule has 0 saturated heterocycles. The summed E-state index contributed by atoms with van der Waals surface area (Å²) in [6.07, 6.45) is 2.87. The third kappa shape index (κ3) is 17.3. The molecule has 3 aromatic rings. The van der Waals surface area contributed by atoms with Gasteiger partial charge in [-0.1, -0.05) is 107 Å². The molecule has 0 unspecified atom stereocenters. The molecule has 0 saturated carbocycles. The third-order valence-electron chi connectivity index (χ3n) is 7.03. The Balaban J connectivity index is 1.78. The van der Waals surface area contributed by atoms with Gasteiger partial charge in [0.1, 0.15) is 11.1 Å². The molecule has 14 heteroatoms. The zero-order valence-corrected chi connectivity index (χ0v) is 35.3. The zero-order valence-electron chi connectivity index (χ0n) is 35.3. The Labute approximate surface area is 336 Å². The maximum absolute atomic E-state index is 13.0. The fourth-order valence-electron chi connectivity index (χ4n) is 4.26. The van der Waals surface area contributed by atoms with E-state index in [-0.39, 0.29) is 77.1 Å². The Morgan fingerprint density at radius 1 is 0.491 bits per heavy atom. The second kappa shape index (κ2) is 18.9. The number of aromatic nitrogens is 3. The van der Waals surface area contributed by atoms with Gasteiger partial charge in [0.25, 0.3) is 0 Å². The van der Waals surface area contributed by atoms with Gasteiger partial charge >= 0.3 is 23.9 Å².